The van der Waals surface area contributed by atoms with Gasteiger partial charge in [-0.3, -0.25) is 0 Å². The maximum atomic E-state index is 5.78. The fraction of sp³-hybridized carbons (Fsp3) is 0. The number of nitrogen functional groups attached to an aromatic ring is 1. The Labute approximate surface area is 136 Å². The molecular weight excluding hydrogens is 308 g/mol. The predicted molar refractivity (Wildman–Crippen MR) is 90.6 cm³/mol. The van der Waals surface area contributed by atoms with Crippen LogP contribution < -0.4 is 5.73 Å². The zero-order chi connectivity index (χ0) is 15.6. The Morgan fingerprint density at radius 2 is 1.91 bits per heavy atom. The maximum Gasteiger partial charge on any atom is 0.173 e. The minimum Gasteiger partial charge on any atom is -0.384 e. The van der Waals surface area contributed by atoms with Crippen molar-refractivity contribution in [3.8, 4) is 32.5 Å². The highest BCUT2D eigenvalue weighted by Crippen LogP contribution is 2.39. The van der Waals surface area contributed by atoms with Crippen LogP contribution >= 0.6 is 11.3 Å². The molecule has 0 fully saturated rings. The van der Waals surface area contributed by atoms with Gasteiger partial charge >= 0.3 is 0 Å². The topological polar surface area (TPSA) is 93.4 Å². The van der Waals surface area contributed by atoms with Crippen LogP contribution in [0.1, 0.15) is 0 Å². The summed E-state index contributed by atoms with van der Waals surface area (Å²) in [6, 6.07) is 13.7. The first-order valence-electron chi connectivity index (χ1n) is 6.96. The Kier molecular flexibility index (Phi) is 3.32. The van der Waals surface area contributed by atoms with Gasteiger partial charge in [-0.1, -0.05) is 30.3 Å². The summed E-state index contributed by atoms with van der Waals surface area (Å²) in [6.07, 6.45) is 3.25. The van der Waals surface area contributed by atoms with E-state index >= 15 is 0 Å². The molecule has 4 aromatic rings. The number of benzene rings is 1. The van der Waals surface area contributed by atoms with Crippen LogP contribution in [0.5, 0.6) is 0 Å². The molecule has 0 aliphatic heterocycles. The lowest BCUT2D eigenvalue weighted by atomic mass is 10.1. The van der Waals surface area contributed by atoms with Crippen molar-refractivity contribution in [2.45, 2.75) is 0 Å². The summed E-state index contributed by atoms with van der Waals surface area (Å²) in [6.45, 7) is 0. The molecule has 0 aliphatic rings. The van der Waals surface area contributed by atoms with E-state index in [2.05, 4.69) is 20.2 Å². The summed E-state index contributed by atoms with van der Waals surface area (Å²) in [5.74, 6) is 1.18. The lowest BCUT2D eigenvalue weighted by Crippen LogP contribution is -1.89. The standard InChI is InChI=1S/C16H12N6S/c17-12-8-11(6-7-18-12)16-21-13(10-4-2-1-3-5-10)14(23-16)15-19-9-20-22-15/h1-9H,(H2,17,18)(H,19,20,22). The highest BCUT2D eigenvalue weighted by molar-refractivity contribution is 7.18. The number of hydrogen-bond acceptors (Lipinski definition) is 6. The number of nitrogens with zero attached hydrogens (tertiary/aromatic N) is 4. The van der Waals surface area contributed by atoms with Gasteiger partial charge in [0.1, 0.15) is 22.0 Å². The number of anilines is 1. The summed E-state index contributed by atoms with van der Waals surface area (Å²) >= 11 is 1.55. The van der Waals surface area contributed by atoms with Crippen LogP contribution in [0.4, 0.5) is 5.82 Å². The Morgan fingerprint density at radius 1 is 1.04 bits per heavy atom. The molecule has 0 atom stereocenters. The zero-order valence-electron chi connectivity index (χ0n) is 12.0. The molecule has 6 nitrogen and oxygen atoms in total. The van der Waals surface area contributed by atoms with E-state index in [9.17, 15) is 0 Å². The van der Waals surface area contributed by atoms with Crippen LogP contribution in [-0.4, -0.2) is 25.1 Å². The number of thiazole rings is 1. The van der Waals surface area contributed by atoms with Crippen molar-refractivity contribution < 1.29 is 0 Å². The highest BCUT2D eigenvalue weighted by atomic mass is 32.1. The van der Waals surface area contributed by atoms with Crippen molar-refractivity contribution in [3.63, 3.8) is 0 Å². The van der Waals surface area contributed by atoms with E-state index < -0.39 is 0 Å². The number of pyridine rings is 1. The number of nitrogens with one attached hydrogen (secondary N) is 1. The van der Waals surface area contributed by atoms with Gasteiger partial charge < -0.3 is 10.7 Å². The summed E-state index contributed by atoms with van der Waals surface area (Å²) in [5.41, 5.74) is 8.62. The van der Waals surface area contributed by atoms with Crippen LogP contribution in [0, 0.1) is 0 Å². The Bertz CT molecular complexity index is 930. The van der Waals surface area contributed by atoms with Crippen LogP contribution in [-0.2, 0) is 0 Å². The van der Waals surface area contributed by atoms with Gasteiger partial charge in [0, 0.05) is 17.3 Å². The molecule has 7 heteroatoms. The number of aromatic nitrogens is 5. The highest BCUT2D eigenvalue weighted by Gasteiger charge is 2.18. The molecule has 0 saturated carbocycles. The third-order valence-electron chi connectivity index (χ3n) is 3.33. The van der Waals surface area contributed by atoms with Crippen molar-refractivity contribution in [1.82, 2.24) is 25.1 Å². The van der Waals surface area contributed by atoms with E-state index in [4.69, 9.17) is 10.7 Å². The van der Waals surface area contributed by atoms with Gasteiger partial charge in [-0.15, -0.1) is 21.5 Å². The molecular formula is C16H12N6S. The molecule has 3 N–H and O–H groups in total. The van der Waals surface area contributed by atoms with E-state index in [0.29, 0.717) is 11.6 Å². The van der Waals surface area contributed by atoms with Crippen molar-refractivity contribution in [3.05, 3.63) is 55.0 Å². The lowest BCUT2D eigenvalue weighted by molar-refractivity contribution is 1.10. The second-order valence-corrected chi connectivity index (χ2v) is 5.87. The summed E-state index contributed by atoms with van der Waals surface area (Å²) in [4.78, 5) is 12.8. The summed E-state index contributed by atoms with van der Waals surface area (Å²) < 4.78 is 0. The molecule has 0 bridgehead atoms. The third-order valence-corrected chi connectivity index (χ3v) is 4.45. The second kappa shape index (κ2) is 5.62. The Morgan fingerprint density at radius 3 is 2.65 bits per heavy atom. The molecule has 0 saturated heterocycles. The second-order valence-electron chi connectivity index (χ2n) is 4.87. The monoisotopic (exact) mass is 320 g/mol. The molecule has 0 spiro atoms. The Balaban J connectivity index is 1.91. The predicted octanol–water partition coefficient (Wildman–Crippen LogP) is 3.24. The van der Waals surface area contributed by atoms with E-state index in [-0.39, 0.29) is 0 Å². The molecule has 0 amide bonds. The fourth-order valence-electron chi connectivity index (χ4n) is 2.29. The molecule has 112 valence electrons. The van der Waals surface area contributed by atoms with Crippen LogP contribution in [0.25, 0.3) is 32.5 Å². The third kappa shape index (κ3) is 2.58. The minimum absolute atomic E-state index is 0.472. The number of rotatable bonds is 3. The molecule has 23 heavy (non-hydrogen) atoms. The van der Waals surface area contributed by atoms with E-state index in [1.54, 1.807) is 23.9 Å². The van der Waals surface area contributed by atoms with Crippen LogP contribution in [0.3, 0.4) is 0 Å². The fourth-order valence-corrected chi connectivity index (χ4v) is 3.33. The summed E-state index contributed by atoms with van der Waals surface area (Å²) in [5, 5.41) is 8.86. The van der Waals surface area contributed by atoms with Crippen molar-refractivity contribution in [1.29, 1.82) is 0 Å². The van der Waals surface area contributed by atoms with Crippen molar-refractivity contribution in [2.24, 2.45) is 0 Å². The number of H-pyrrole nitrogens is 1. The molecule has 1 aromatic carbocycles. The largest absolute Gasteiger partial charge is 0.384 e. The number of aromatic amines is 1. The maximum absolute atomic E-state index is 5.78. The van der Waals surface area contributed by atoms with Gasteiger partial charge in [0.05, 0.1) is 5.69 Å². The van der Waals surface area contributed by atoms with E-state index in [1.807, 2.05) is 42.5 Å². The van der Waals surface area contributed by atoms with Gasteiger partial charge in [0.15, 0.2) is 5.82 Å². The molecule has 4 rings (SSSR count). The molecule has 0 radical (unpaired) electrons. The van der Waals surface area contributed by atoms with Crippen molar-refractivity contribution >= 4 is 17.2 Å². The quantitative estimate of drug-likeness (QED) is 0.604. The Hall–Kier alpha value is -3.06. The van der Waals surface area contributed by atoms with Crippen molar-refractivity contribution in [2.75, 3.05) is 5.73 Å². The van der Waals surface area contributed by atoms with Gasteiger partial charge in [0.25, 0.3) is 0 Å². The molecule has 0 aliphatic carbocycles. The van der Waals surface area contributed by atoms with Gasteiger partial charge in [0.2, 0.25) is 0 Å². The van der Waals surface area contributed by atoms with Gasteiger partial charge in [-0.05, 0) is 12.1 Å². The smallest absolute Gasteiger partial charge is 0.173 e. The van der Waals surface area contributed by atoms with E-state index in [1.165, 1.54) is 0 Å². The first kappa shape index (κ1) is 13.6. The molecule has 3 aromatic heterocycles. The average Bonchev–Trinajstić information content (AvgIpc) is 3.25. The first-order valence-corrected chi connectivity index (χ1v) is 7.77. The van der Waals surface area contributed by atoms with Gasteiger partial charge in [-0.2, -0.15) is 0 Å². The lowest BCUT2D eigenvalue weighted by Gasteiger charge is -1.99. The first-order chi connectivity index (χ1) is 11.3. The van der Waals surface area contributed by atoms with E-state index in [0.717, 1.165) is 26.7 Å². The number of hydrogen-bond donors (Lipinski definition) is 2. The minimum atomic E-state index is 0.472. The zero-order valence-corrected chi connectivity index (χ0v) is 12.8. The van der Waals surface area contributed by atoms with Crippen LogP contribution in [0.2, 0.25) is 0 Å². The molecule has 0 unspecified atom stereocenters. The summed E-state index contributed by atoms with van der Waals surface area (Å²) in [7, 11) is 0. The molecule has 3 heterocycles. The average molecular weight is 320 g/mol. The number of nitrogens with two attached hydrogens (primary N) is 1. The SMILES string of the molecule is Nc1cc(-c2nc(-c3ccccc3)c(-c3nnc[nH]3)s2)ccn1. The van der Waals surface area contributed by atoms with Crippen LogP contribution in [0.15, 0.2) is 55.0 Å². The normalized spacial score (nSPS) is 10.8. The van der Waals surface area contributed by atoms with Gasteiger partial charge in [-0.25, -0.2) is 9.97 Å².